The molecular formula is C15H17BrF2O. The van der Waals surface area contributed by atoms with E-state index in [0.717, 1.165) is 25.3 Å². The Kier molecular flexibility index (Phi) is 5.08. The second-order valence-electron chi connectivity index (χ2n) is 5.18. The van der Waals surface area contributed by atoms with Crippen LogP contribution in [0.1, 0.15) is 55.3 Å². The lowest BCUT2D eigenvalue weighted by Crippen LogP contribution is -2.11. The number of rotatable bonds is 4. The predicted molar refractivity (Wildman–Crippen MR) is 74.2 cm³/mol. The molecule has 1 aromatic rings. The molecule has 0 bridgehead atoms. The summed E-state index contributed by atoms with van der Waals surface area (Å²) >= 11 is 2.98. The van der Waals surface area contributed by atoms with E-state index >= 15 is 0 Å². The number of Topliss-reactive ketones (excluding diaryl/α,β-unsaturated/α-hetero) is 1. The molecular weight excluding hydrogens is 314 g/mol. The fourth-order valence-corrected chi connectivity index (χ4v) is 3.05. The van der Waals surface area contributed by atoms with Crippen LogP contribution in [0.4, 0.5) is 8.78 Å². The second kappa shape index (κ2) is 6.60. The molecule has 1 aromatic carbocycles. The number of halogens is 3. The Morgan fingerprint density at radius 1 is 1.21 bits per heavy atom. The van der Waals surface area contributed by atoms with Gasteiger partial charge in [-0.15, -0.1) is 0 Å². The van der Waals surface area contributed by atoms with E-state index in [1.165, 1.54) is 25.3 Å². The first kappa shape index (κ1) is 14.6. The topological polar surface area (TPSA) is 17.1 Å². The molecule has 2 rings (SSSR count). The number of benzene rings is 1. The molecule has 19 heavy (non-hydrogen) atoms. The lowest BCUT2D eigenvalue weighted by Gasteiger charge is -2.21. The van der Waals surface area contributed by atoms with Crippen LogP contribution in [0, 0.1) is 17.6 Å². The minimum atomic E-state index is -0.784. The maximum atomic E-state index is 13.8. The van der Waals surface area contributed by atoms with Gasteiger partial charge in [-0.05, 0) is 40.4 Å². The Hall–Kier alpha value is -0.770. The molecule has 0 saturated heterocycles. The van der Waals surface area contributed by atoms with Crippen LogP contribution < -0.4 is 0 Å². The van der Waals surface area contributed by atoms with Gasteiger partial charge >= 0.3 is 0 Å². The molecule has 0 radical (unpaired) electrons. The van der Waals surface area contributed by atoms with Crippen molar-refractivity contribution in [3.05, 3.63) is 33.8 Å². The quantitative estimate of drug-likeness (QED) is 0.542. The fraction of sp³-hybridized carbons (Fsp3) is 0.533. The van der Waals surface area contributed by atoms with Crippen molar-refractivity contribution in [2.45, 2.75) is 44.9 Å². The SMILES string of the molecule is O=C(CCC1CCCCC1)c1c(F)ccc(Br)c1F. The highest BCUT2D eigenvalue weighted by atomic mass is 79.9. The molecule has 4 heteroatoms. The summed E-state index contributed by atoms with van der Waals surface area (Å²) in [5, 5.41) is 0. The van der Waals surface area contributed by atoms with E-state index in [2.05, 4.69) is 15.9 Å². The van der Waals surface area contributed by atoms with Gasteiger partial charge in [0.15, 0.2) is 11.6 Å². The van der Waals surface area contributed by atoms with Crippen molar-refractivity contribution in [3.8, 4) is 0 Å². The van der Waals surface area contributed by atoms with Crippen LogP contribution in [0.25, 0.3) is 0 Å². The van der Waals surface area contributed by atoms with E-state index in [-0.39, 0.29) is 10.9 Å². The van der Waals surface area contributed by atoms with Crippen molar-refractivity contribution in [3.63, 3.8) is 0 Å². The van der Waals surface area contributed by atoms with Crippen molar-refractivity contribution in [2.24, 2.45) is 5.92 Å². The van der Waals surface area contributed by atoms with E-state index in [1.54, 1.807) is 0 Å². The second-order valence-corrected chi connectivity index (χ2v) is 6.04. The third kappa shape index (κ3) is 3.62. The van der Waals surface area contributed by atoms with Crippen molar-refractivity contribution < 1.29 is 13.6 Å². The number of carbonyl (C=O) groups is 1. The van der Waals surface area contributed by atoms with Gasteiger partial charge < -0.3 is 0 Å². The minimum Gasteiger partial charge on any atom is -0.294 e. The highest BCUT2D eigenvalue weighted by molar-refractivity contribution is 9.10. The lowest BCUT2D eigenvalue weighted by molar-refractivity contribution is 0.0961. The van der Waals surface area contributed by atoms with Crippen LogP contribution in [-0.2, 0) is 0 Å². The minimum absolute atomic E-state index is 0.134. The third-order valence-electron chi connectivity index (χ3n) is 3.83. The molecule has 0 N–H and O–H groups in total. The van der Waals surface area contributed by atoms with Gasteiger partial charge in [0, 0.05) is 6.42 Å². The van der Waals surface area contributed by atoms with Crippen LogP contribution >= 0.6 is 15.9 Å². The zero-order chi connectivity index (χ0) is 13.8. The van der Waals surface area contributed by atoms with Gasteiger partial charge in [0.1, 0.15) is 5.82 Å². The number of carbonyl (C=O) groups excluding carboxylic acids is 1. The monoisotopic (exact) mass is 330 g/mol. The van der Waals surface area contributed by atoms with E-state index in [0.29, 0.717) is 5.92 Å². The van der Waals surface area contributed by atoms with Gasteiger partial charge in [0.2, 0.25) is 0 Å². The Morgan fingerprint density at radius 2 is 1.89 bits per heavy atom. The van der Waals surface area contributed by atoms with E-state index in [4.69, 9.17) is 0 Å². The molecule has 0 aliphatic heterocycles. The summed E-state index contributed by atoms with van der Waals surface area (Å²) in [5.74, 6) is -1.44. The maximum Gasteiger partial charge on any atom is 0.168 e. The largest absolute Gasteiger partial charge is 0.294 e. The summed E-state index contributed by atoms with van der Waals surface area (Å²) in [6.45, 7) is 0. The van der Waals surface area contributed by atoms with Crippen molar-refractivity contribution in [1.82, 2.24) is 0 Å². The molecule has 0 aromatic heterocycles. The predicted octanol–water partition coefficient (Wildman–Crippen LogP) is 5.27. The Balaban J connectivity index is 2.01. The molecule has 0 heterocycles. The molecule has 0 atom stereocenters. The lowest BCUT2D eigenvalue weighted by atomic mass is 9.85. The molecule has 1 aliphatic rings. The van der Waals surface area contributed by atoms with Gasteiger partial charge in [-0.1, -0.05) is 32.1 Å². The normalized spacial score (nSPS) is 16.6. The Labute approximate surface area is 120 Å². The van der Waals surface area contributed by atoms with Gasteiger partial charge in [-0.3, -0.25) is 4.79 Å². The number of hydrogen-bond acceptors (Lipinski definition) is 1. The molecule has 1 aliphatic carbocycles. The third-order valence-corrected chi connectivity index (χ3v) is 4.44. The van der Waals surface area contributed by atoms with E-state index < -0.39 is 23.0 Å². The zero-order valence-corrected chi connectivity index (χ0v) is 12.3. The Morgan fingerprint density at radius 3 is 2.58 bits per heavy atom. The summed E-state index contributed by atoms with van der Waals surface area (Å²) in [5.41, 5.74) is -0.398. The first-order chi connectivity index (χ1) is 9.09. The Bertz CT molecular complexity index is 467. The summed E-state index contributed by atoms with van der Waals surface area (Å²) in [7, 11) is 0. The van der Waals surface area contributed by atoms with Crippen molar-refractivity contribution in [1.29, 1.82) is 0 Å². The molecule has 1 fully saturated rings. The molecule has 104 valence electrons. The van der Waals surface area contributed by atoms with Gasteiger partial charge in [0.25, 0.3) is 0 Å². The number of ketones is 1. The first-order valence-electron chi connectivity index (χ1n) is 6.76. The average molecular weight is 331 g/mol. The molecule has 0 amide bonds. The van der Waals surface area contributed by atoms with Crippen LogP contribution in [0.2, 0.25) is 0 Å². The summed E-state index contributed by atoms with van der Waals surface area (Å²) in [6, 6.07) is 2.41. The van der Waals surface area contributed by atoms with E-state index in [1.807, 2.05) is 0 Å². The molecule has 1 saturated carbocycles. The highest BCUT2D eigenvalue weighted by Gasteiger charge is 2.21. The van der Waals surface area contributed by atoms with Crippen molar-refractivity contribution >= 4 is 21.7 Å². The summed E-state index contributed by atoms with van der Waals surface area (Å²) in [6.07, 6.45) is 6.92. The molecule has 0 spiro atoms. The van der Waals surface area contributed by atoms with Gasteiger partial charge in [0.05, 0.1) is 10.0 Å². The maximum absolute atomic E-state index is 13.8. The van der Waals surface area contributed by atoms with Gasteiger partial charge in [-0.2, -0.15) is 0 Å². The molecule has 1 nitrogen and oxygen atoms in total. The zero-order valence-electron chi connectivity index (χ0n) is 10.7. The van der Waals surface area contributed by atoms with Crippen LogP contribution in [0.5, 0.6) is 0 Å². The first-order valence-corrected chi connectivity index (χ1v) is 7.55. The summed E-state index contributed by atoms with van der Waals surface area (Å²) in [4.78, 5) is 12.0. The summed E-state index contributed by atoms with van der Waals surface area (Å²) < 4.78 is 27.5. The number of hydrogen-bond donors (Lipinski definition) is 0. The van der Waals surface area contributed by atoms with Crippen LogP contribution in [0.15, 0.2) is 16.6 Å². The average Bonchev–Trinajstić information content (AvgIpc) is 2.42. The standard InChI is InChI=1S/C15H17BrF2O/c16-11-7-8-12(17)14(15(11)18)13(19)9-6-10-4-2-1-3-5-10/h7-8,10H,1-6,9H2. The fourth-order valence-electron chi connectivity index (χ4n) is 2.72. The van der Waals surface area contributed by atoms with Crippen molar-refractivity contribution in [2.75, 3.05) is 0 Å². The highest BCUT2D eigenvalue weighted by Crippen LogP contribution is 2.29. The molecule has 0 unspecified atom stereocenters. The van der Waals surface area contributed by atoms with E-state index in [9.17, 15) is 13.6 Å². The van der Waals surface area contributed by atoms with Gasteiger partial charge in [-0.25, -0.2) is 8.78 Å². The van der Waals surface area contributed by atoms with Crippen LogP contribution in [0.3, 0.4) is 0 Å². The van der Waals surface area contributed by atoms with Crippen LogP contribution in [-0.4, -0.2) is 5.78 Å². The smallest absolute Gasteiger partial charge is 0.168 e.